The van der Waals surface area contributed by atoms with E-state index < -0.39 is 11.6 Å². The van der Waals surface area contributed by atoms with Crippen molar-refractivity contribution in [1.29, 1.82) is 0 Å². The van der Waals surface area contributed by atoms with Crippen molar-refractivity contribution in [2.75, 3.05) is 145 Å². The maximum absolute atomic E-state index is 12.5. The largest absolute Gasteiger partial charge is 0.460 e. The van der Waals surface area contributed by atoms with Gasteiger partial charge in [-0.3, -0.25) is 9.59 Å². The van der Waals surface area contributed by atoms with Gasteiger partial charge < -0.3 is 57.4 Å². The number of rotatable bonds is 38. The molecule has 20 nitrogen and oxygen atoms in total. The van der Waals surface area contributed by atoms with Gasteiger partial charge in [-0.2, -0.15) is 0 Å². The summed E-state index contributed by atoms with van der Waals surface area (Å²) in [6.07, 6.45) is 0.347. The van der Waals surface area contributed by atoms with Gasteiger partial charge in [-0.1, -0.05) is 10.2 Å². The first-order valence-electron chi connectivity index (χ1n) is 17.1. The maximum atomic E-state index is 12.5. The van der Waals surface area contributed by atoms with Crippen LogP contribution in [0.1, 0.15) is 33.6 Å². The Kier molecular flexibility index (Phi) is 34.9. The molecule has 0 saturated heterocycles. The van der Waals surface area contributed by atoms with Crippen molar-refractivity contribution >= 4 is 11.9 Å². The van der Waals surface area contributed by atoms with Crippen molar-refractivity contribution in [1.82, 2.24) is 5.32 Å². The number of ether oxygens (including phenoxy) is 11. The van der Waals surface area contributed by atoms with E-state index in [0.717, 1.165) is 0 Å². The lowest BCUT2D eigenvalue weighted by Crippen LogP contribution is -2.42. The molecule has 296 valence electrons. The zero-order valence-corrected chi connectivity index (χ0v) is 30.5. The molecule has 0 spiro atoms. The van der Waals surface area contributed by atoms with E-state index in [1.54, 1.807) is 0 Å². The molecular formula is C31H59N7O13. The highest BCUT2D eigenvalue weighted by Gasteiger charge is 2.16. The summed E-state index contributed by atoms with van der Waals surface area (Å²) >= 11 is 0. The monoisotopic (exact) mass is 737 g/mol. The average Bonchev–Trinajstić information content (AvgIpc) is 3.08. The number of azide groups is 2. The van der Waals surface area contributed by atoms with Crippen LogP contribution in [0, 0.1) is 0 Å². The molecule has 20 heteroatoms. The van der Waals surface area contributed by atoms with Gasteiger partial charge in [0.15, 0.2) is 0 Å². The Balaban J connectivity index is 4.04. The van der Waals surface area contributed by atoms with Crippen molar-refractivity contribution in [3.8, 4) is 0 Å². The van der Waals surface area contributed by atoms with Gasteiger partial charge in [0.25, 0.3) is 0 Å². The van der Waals surface area contributed by atoms with Gasteiger partial charge >= 0.3 is 5.97 Å². The molecule has 0 radical (unpaired) electrons. The van der Waals surface area contributed by atoms with Crippen LogP contribution in [-0.2, 0) is 61.7 Å². The fourth-order valence-corrected chi connectivity index (χ4v) is 3.54. The van der Waals surface area contributed by atoms with Gasteiger partial charge in [-0.25, -0.2) is 0 Å². The predicted molar refractivity (Wildman–Crippen MR) is 183 cm³/mol. The molecule has 0 bridgehead atoms. The molecule has 1 N–H and O–H groups in total. The third-order valence-electron chi connectivity index (χ3n) is 5.75. The summed E-state index contributed by atoms with van der Waals surface area (Å²) in [7, 11) is 0. The molecule has 0 rings (SSSR count). The van der Waals surface area contributed by atoms with E-state index in [4.69, 9.17) is 63.2 Å². The van der Waals surface area contributed by atoms with Crippen LogP contribution in [0.4, 0.5) is 0 Å². The fraction of sp³-hybridized carbons (Fsp3) is 0.935. The number of amides is 1. The Morgan fingerprint density at radius 3 is 1.24 bits per heavy atom. The molecule has 1 amide bonds. The second-order valence-electron chi connectivity index (χ2n) is 11.3. The minimum absolute atomic E-state index is 0.152. The number of nitrogens with zero attached hydrogens (tertiary/aromatic N) is 6. The lowest BCUT2D eigenvalue weighted by Gasteiger charge is -2.19. The van der Waals surface area contributed by atoms with E-state index in [2.05, 4.69) is 25.4 Å². The van der Waals surface area contributed by atoms with Crippen LogP contribution in [0.3, 0.4) is 0 Å². The Labute approximate surface area is 300 Å². The highest BCUT2D eigenvalue weighted by molar-refractivity contribution is 5.76. The van der Waals surface area contributed by atoms with Gasteiger partial charge in [-0.15, -0.1) is 0 Å². The molecule has 0 unspecified atom stereocenters. The summed E-state index contributed by atoms with van der Waals surface area (Å²) in [4.78, 5) is 29.5. The molecule has 0 aliphatic heterocycles. The first-order valence-corrected chi connectivity index (χ1v) is 17.1. The molecule has 51 heavy (non-hydrogen) atoms. The Hall–Kier alpha value is -2.84. The summed E-state index contributed by atoms with van der Waals surface area (Å²) < 4.78 is 59.8. The van der Waals surface area contributed by atoms with Gasteiger partial charge in [0.1, 0.15) is 5.60 Å². The SMILES string of the molecule is CC(C)(C)OC(=O)CCOCCOCCOCCOCCC(=O)NC(COCCOCCOCCN=[N+]=[N-])COCCOCCOCCN=[N+]=[N-]. The maximum Gasteiger partial charge on any atom is 0.308 e. The molecule has 0 aromatic rings. The number of carbonyl (C=O) groups is 2. The lowest BCUT2D eigenvalue weighted by atomic mass is 10.2. The molecule has 0 aliphatic rings. The molecule has 0 fully saturated rings. The van der Waals surface area contributed by atoms with Gasteiger partial charge in [0, 0.05) is 29.3 Å². The molecule has 0 heterocycles. The molecule has 0 saturated carbocycles. The van der Waals surface area contributed by atoms with Crippen molar-refractivity contribution in [2.24, 2.45) is 10.2 Å². The van der Waals surface area contributed by atoms with Crippen LogP contribution in [0.15, 0.2) is 10.2 Å². The van der Waals surface area contributed by atoms with E-state index in [0.29, 0.717) is 106 Å². The van der Waals surface area contributed by atoms with Crippen LogP contribution in [0.5, 0.6) is 0 Å². The van der Waals surface area contributed by atoms with Gasteiger partial charge in [-0.05, 0) is 31.8 Å². The van der Waals surface area contributed by atoms with Gasteiger partial charge in [0.05, 0.1) is 145 Å². The summed E-state index contributed by atoms with van der Waals surface area (Å²) in [5.41, 5.74) is 16.0. The van der Waals surface area contributed by atoms with Crippen LogP contribution >= 0.6 is 0 Å². The van der Waals surface area contributed by atoms with Gasteiger partial charge in [0.2, 0.25) is 5.91 Å². The fourth-order valence-electron chi connectivity index (χ4n) is 3.54. The normalized spacial score (nSPS) is 11.8. The number of hydrogen-bond acceptors (Lipinski definition) is 15. The second-order valence-corrected chi connectivity index (χ2v) is 11.3. The van der Waals surface area contributed by atoms with Crippen LogP contribution < -0.4 is 5.32 Å². The number of hydrogen-bond donors (Lipinski definition) is 1. The lowest BCUT2D eigenvalue weighted by molar-refractivity contribution is -0.156. The van der Waals surface area contributed by atoms with Crippen LogP contribution in [-0.4, -0.2) is 169 Å². The minimum atomic E-state index is -0.505. The standard InChI is InChI=1S/C31H59N7O13/c1-31(2,3)51-30(40)5-9-42-13-17-46-21-20-45-16-12-41-8-4-29(39)36-28(26-49-24-22-47-18-14-43-10-6-34-37-32)27-50-25-23-48-19-15-44-11-7-35-38-33/h28H,4-27H2,1-3H3,(H,36,39). The highest BCUT2D eigenvalue weighted by Crippen LogP contribution is 2.08. The van der Waals surface area contributed by atoms with Crippen molar-refractivity contribution < 1.29 is 61.7 Å². The summed E-state index contributed by atoms with van der Waals surface area (Å²) in [6, 6.07) is -0.399. The summed E-state index contributed by atoms with van der Waals surface area (Å²) in [5, 5.41) is 9.67. The van der Waals surface area contributed by atoms with Crippen LogP contribution in [0.2, 0.25) is 0 Å². The predicted octanol–water partition coefficient (Wildman–Crippen LogP) is 2.38. The Morgan fingerprint density at radius 2 is 0.863 bits per heavy atom. The van der Waals surface area contributed by atoms with Crippen molar-refractivity contribution in [3.63, 3.8) is 0 Å². The molecule has 0 atom stereocenters. The zero-order valence-electron chi connectivity index (χ0n) is 30.5. The van der Waals surface area contributed by atoms with E-state index >= 15 is 0 Å². The smallest absolute Gasteiger partial charge is 0.308 e. The highest BCUT2D eigenvalue weighted by atomic mass is 16.6. The first kappa shape index (κ1) is 48.2. The molecular weight excluding hydrogens is 678 g/mol. The minimum Gasteiger partial charge on any atom is -0.460 e. The van der Waals surface area contributed by atoms with E-state index in [1.807, 2.05) is 20.8 Å². The Bertz CT molecular complexity index is 896. The third kappa shape index (κ3) is 39.8. The number of nitrogens with one attached hydrogen (secondary N) is 1. The second kappa shape index (κ2) is 36.9. The van der Waals surface area contributed by atoms with E-state index in [-0.39, 0.29) is 64.2 Å². The summed E-state index contributed by atoms with van der Waals surface area (Å²) in [6.45, 7) is 12.6. The van der Waals surface area contributed by atoms with Crippen molar-refractivity contribution in [2.45, 2.75) is 45.3 Å². The summed E-state index contributed by atoms with van der Waals surface area (Å²) in [5.74, 6) is -0.505. The quantitative estimate of drug-likeness (QED) is 0.0315. The third-order valence-corrected chi connectivity index (χ3v) is 5.75. The molecule has 0 aromatic heterocycles. The Morgan fingerprint density at radius 1 is 0.529 bits per heavy atom. The van der Waals surface area contributed by atoms with Crippen LogP contribution in [0.25, 0.3) is 20.9 Å². The first-order chi connectivity index (χ1) is 24.8. The van der Waals surface area contributed by atoms with Crippen molar-refractivity contribution in [3.05, 3.63) is 20.9 Å². The molecule has 0 aromatic carbocycles. The number of esters is 1. The molecule has 0 aliphatic carbocycles. The zero-order chi connectivity index (χ0) is 37.5. The van der Waals surface area contributed by atoms with E-state index in [1.165, 1.54) is 0 Å². The average molecular weight is 738 g/mol. The topological polar surface area (TPSA) is 245 Å². The number of carbonyl (C=O) groups excluding carboxylic acids is 2. The van der Waals surface area contributed by atoms with E-state index in [9.17, 15) is 9.59 Å².